The lowest BCUT2D eigenvalue weighted by molar-refractivity contribution is -0.142. The Morgan fingerprint density at radius 2 is 2.20 bits per heavy atom. The maximum absolute atomic E-state index is 13.3. The van der Waals surface area contributed by atoms with Gasteiger partial charge in [-0.25, -0.2) is 9.37 Å². The molecule has 3 rings (SSSR count). The predicted octanol–water partition coefficient (Wildman–Crippen LogP) is 2.93. The third-order valence-electron chi connectivity index (χ3n) is 4.32. The van der Waals surface area contributed by atoms with Crippen LogP contribution < -0.4 is 0 Å². The number of hydrogen-bond acceptors (Lipinski definition) is 2. The second-order valence-electron chi connectivity index (χ2n) is 5.79. The van der Waals surface area contributed by atoms with E-state index in [1.807, 2.05) is 11.6 Å². The molecular weight excluding hydrogens is 259 g/mol. The minimum absolute atomic E-state index is 0.0945. The van der Waals surface area contributed by atoms with Crippen molar-refractivity contribution < 1.29 is 14.3 Å². The van der Waals surface area contributed by atoms with Crippen molar-refractivity contribution in [2.24, 2.45) is 18.9 Å². The molecule has 1 fully saturated rings. The molecule has 0 amide bonds. The summed E-state index contributed by atoms with van der Waals surface area (Å²) in [7, 11) is 1.87. The first-order valence-corrected chi connectivity index (χ1v) is 6.82. The van der Waals surface area contributed by atoms with Crippen LogP contribution in [0.5, 0.6) is 0 Å². The number of imidazole rings is 1. The number of halogens is 1. The molecule has 1 aromatic carbocycles. The number of nitrogens with zero attached hydrogens (tertiary/aromatic N) is 2. The summed E-state index contributed by atoms with van der Waals surface area (Å²) in [6.07, 6.45) is 1.49. The molecule has 2 aromatic rings. The van der Waals surface area contributed by atoms with Gasteiger partial charge in [-0.3, -0.25) is 4.79 Å². The topological polar surface area (TPSA) is 55.1 Å². The summed E-state index contributed by atoms with van der Waals surface area (Å²) >= 11 is 0. The van der Waals surface area contributed by atoms with Crippen LogP contribution in [0.2, 0.25) is 0 Å². The number of aromatic nitrogens is 2. The molecule has 4 nitrogen and oxygen atoms in total. The Morgan fingerprint density at radius 3 is 2.90 bits per heavy atom. The van der Waals surface area contributed by atoms with E-state index in [2.05, 4.69) is 11.9 Å². The largest absolute Gasteiger partial charge is 0.481 e. The normalized spacial score (nSPS) is 26.2. The van der Waals surface area contributed by atoms with Crippen LogP contribution >= 0.6 is 0 Å². The molecule has 1 N–H and O–H groups in total. The Kier molecular flexibility index (Phi) is 3.00. The van der Waals surface area contributed by atoms with Crippen LogP contribution in [0.3, 0.4) is 0 Å². The van der Waals surface area contributed by atoms with Crippen LogP contribution in [0.4, 0.5) is 4.39 Å². The standard InChI is InChI=1S/C15H17FN2O2/c1-8-5-10(11(6-8)15(19)20)14-17-12-7-9(16)3-4-13(12)18(14)2/h3-4,7-8,10-11H,5-6H2,1-2H3,(H,19,20). The number of hydrogen-bond donors (Lipinski definition) is 1. The second-order valence-corrected chi connectivity index (χ2v) is 5.79. The number of carbonyl (C=O) groups is 1. The van der Waals surface area contributed by atoms with Crippen LogP contribution in [0, 0.1) is 17.7 Å². The Morgan fingerprint density at radius 1 is 1.45 bits per heavy atom. The van der Waals surface area contributed by atoms with E-state index in [1.165, 1.54) is 12.1 Å². The highest BCUT2D eigenvalue weighted by atomic mass is 19.1. The molecule has 20 heavy (non-hydrogen) atoms. The van der Waals surface area contributed by atoms with Crippen LogP contribution in [-0.4, -0.2) is 20.6 Å². The van der Waals surface area contributed by atoms with Crippen molar-refractivity contribution in [2.75, 3.05) is 0 Å². The van der Waals surface area contributed by atoms with Gasteiger partial charge >= 0.3 is 5.97 Å². The fourth-order valence-corrected chi connectivity index (χ4v) is 3.37. The predicted molar refractivity (Wildman–Crippen MR) is 72.9 cm³/mol. The molecule has 0 saturated heterocycles. The number of benzene rings is 1. The van der Waals surface area contributed by atoms with Crippen LogP contribution in [0.1, 0.15) is 31.5 Å². The molecule has 5 heteroatoms. The Hall–Kier alpha value is -1.91. The van der Waals surface area contributed by atoms with Gasteiger partial charge < -0.3 is 9.67 Å². The van der Waals surface area contributed by atoms with Gasteiger partial charge in [0.1, 0.15) is 11.6 Å². The third kappa shape index (κ3) is 1.97. The first-order chi connectivity index (χ1) is 9.47. The molecule has 3 unspecified atom stereocenters. The monoisotopic (exact) mass is 276 g/mol. The summed E-state index contributed by atoms with van der Waals surface area (Å²) in [6.45, 7) is 2.07. The first kappa shape index (κ1) is 13.1. The number of rotatable bonds is 2. The van der Waals surface area contributed by atoms with Crippen LogP contribution in [0.25, 0.3) is 11.0 Å². The quantitative estimate of drug-likeness (QED) is 0.917. The second kappa shape index (κ2) is 4.58. The average molecular weight is 276 g/mol. The highest BCUT2D eigenvalue weighted by Crippen LogP contribution is 2.43. The van der Waals surface area contributed by atoms with Crippen molar-refractivity contribution >= 4 is 17.0 Å². The molecule has 3 atom stereocenters. The molecule has 1 aromatic heterocycles. The molecule has 0 spiro atoms. The van der Waals surface area contributed by atoms with E-state index in [4.69, 9.17) is 0 Å². The third-order valence-corrected chi connectivity index (χ3v) is 4.32. The van der Waals surface area contributed by atoms with Crippen LogP contribution in [0.15, 0.2) is 18.2 Å². The van der Waals surface area contributed by atoms with E-state index in [0.29, 0.717) is 17.9 Å². The zero-order valence-corrected chi connectivity index (χ0v) is 11.5. The minimum atomic E-state index is -0.766. The van der Waals surface area contributed by atoms with E-state index in [9.17, 15) is 14.3 Å². The summed E-state index contributed by atoms with van der Waals surface area (Å²) in [5.41, 5.74) is 1.43. The van der Waals surface area contributed by atoms with Crippen molar-refractivity contribution in [3.8, 4) is 0 Å². The van der Waals surface area contributed by atoms with Crippen molar-refractivity contribution in [3.63, 3.8) is 0 Å². The Bertz CT molecular complexity index is 680. The molecule has 1 aliphatic rings. The maximum atomic E-state index is 13.3. The summed E-state index contributed by atoms with van der Waals surface area (Å²) in [4.78, 5) is 15.9. The summed E-state index contributed by atoms with van der Waals surface area (Å²) < 4.78 is 15.2. The fourth-order valence-electron chi connectivity index (χ4n) is 3.37. The smallest absolute Gasteiger partial charge is 0.307 e. The van der Waals surface area contributed by atoms with Gasteiger partial charge in [-0.05, 0) is 30.9 Å². The van der Waals surface area contributed by atoms with Gasteiger partial charge in [0, 0.05) is 19.0 Å². The molecule has 1 aliphatic carbocycles. The van der Waals surface area contributed by atoms with Crippen LogP contribution in [-0.2, 0) is 11.8 Å². The van der Waals surface area contributed by atoms with Gasteiger partial charge in [0.2, 0.25) is 0 Å². The summed E-state index contributed by atoms with van der Waals surface area (Å²) in [5.74, 6) is -0.456. The van der Waals surface area contributed by atoms with E-state index >= 15 is 0 Å². The van der Waals surface area contributed by atoms with Crippen molar-refractivity contribution in [2.45, 2.75) is 25.7 Å². The SMILES string of the molecule is CC1CC(C(=O)O)C(c2nc3cc(F)ccc3n2C)C1. The van der Waals surface area contributed by atoms with Gasteiger partial charge in [0.15, 0.2) is 0 Å². The molecule has 0 aliphatic heterocycles. The van der Waals surface area contributed by atoms with Gasteiger partial charge in [-0.2, -0.15) is 0 Å². The summed E-state index contributed by atoms with van der Waals surface area (Å²) in [6, 6.07) is 4.49. The number of carboxylic acids is 1. The number of carboxylic acid groups (broad SMARTS) is 1. The maximum Gasteiger partial charge on any atom is 0.307 e. The Balaban J connectivity index is 2.09. The zero-order valence-electron chi connectivity index (χ0n) is 11.5. The van der Waals surface area contributed by atoms with E-state index in [-0.39, 0.29) is 11.7 Å². The average Bonchev–Trinajstić information content (AvgIpc) is 2.90. The van der Waals surface area contributed by atoms with Crippen molar-refractivity contribution in [3.05, 3.63) is 29.8 Å². The molecular formula is C15H17FN2O2. The molecule has 0 radical (unpaired) electrons. The number of aliphatic carboxylic acids is 1. The lowest BCUT2D eigenvalue weighted by atomic mass is 9.95. The van der Waals surface area contributed by atoms with Gasteiger partial charge in [0.25, 0.3) is 0 Å². The van der Waals surface area contributed by atoms with E-state index in [1.54, 1.807) is 6.07 Å². The molecule has 1 heterocycles. The van der Waals surface area contributed by atoms with Gasteiger partial charge in [0.05, 0.1) is 17.0 Å². The minimum Gasteiger partial charge on any atom is -0.481 e. The molecule has 1 saturated carbocycles. The first-order valence-electron chi connectivity index (χ1n) is 6.82. The molecule has 106 valence electrons. The number of aryl methyl sites for hydroxylation is 1. The fraction of sp³-hybridized carbons (Fsp3) is 0.467. The van der Waals surface area contributed by atoms with Gasteiger partial charge in [-0.1, -0.05) is 6.92 Å². The van der Waals surface area contributed by atoms with Gasteiger partial charge in [-0.15, -0.1) is 0 Å². The van der Waals surface area contributed by atoms with Crippen molar-refractivity contribution in [1.82, 2.24) is 9.55 Å². The lowest BCUT2D eigenvalue weighted by Gasteiger charge is -2.15. The highest BCUT2D eigenvalue weighted by Gasteiger charge is 2.40. The highest BCUT2D eigenvalue weighted by molar-refractivity contribution is 5.77. The van der Waals surface area contributed by atoms with Crippen molar-refractivity contribution in [1.29, 1.82) is 0 Å². The summed E-state index contributed by atoms with van der Waals surface area (Å²) in [5, 5.41) is 9.38. The lowest BCUT2D eigenvalue weighted by Crippen LogP contribution is -2.19. The Labute approximate surface area is 116 Å². The number of fused-ring (bicyclic) bond motifs is 1. The zero-order chi connectivity index (χ0) is 14.4. The molecule has 0 bridgehead atoms. The van der Waals surface area contributed by atoms with E-state index in [0.717, 1.165) is 17.8 Å². The van der Waals surface area contributed by atoms with E-state index < -0.39 is 11.9 Å².